The van der Waals surface area contributed by atoms with E-state index in [2.05, 4.69) is 13.8 Å². The quantitative estimate of drug-likeness (QED) is 0.808. The number of aryl methyl sites for hydroxylation is 1. The summed E-state index contributed by atoms with van der Waals surface area (Å²) in [6.07, 6.45) is 3.30. The van der Waals surface area contributed by atoms with Gasteiger partial charge in [0.25, 0.3) is 0 Å². The van der Waals surface area contributed by atoms with Crippen LogP contribution in [0.5, 0.6) is 5.75 Å². The Morgan fingerprint density at radius 2 is 1.94 bits per heavy atom. The summed E-state index contributed by atoms with van der Waals surface area (Å²) in [5.41, 5.74) is 7.01. The first-order valence-electron chi connectivity index (χ1n) is 6.69. The summed E-state index contributed by atoms with van der Waals surface area (Å²) < 4.78 is 19.6. The van der Waals surface area contributed by atoms with Crippen LogP contribution in [0.3, 0.4) is 0 Å². The van der Waals surface area contributed by atoms with Crippen molar-refractivity contribution in [3.8, 4) is 5.75 Å². The summed E-state index contributed by atoms with van der Waals surface area (Å²) in [5.74, 6) is 1.36. The third-order valence-corrected chi connectivity index (χ3v) is 4.16. The molecule has 1 aliphatic rings. The van der Waals surface area contributed by atoms with Gasteiger partial charge in [-0.3, -0.25) is 0 Å². The molecule has 18 heavy (non-hydrogen) atoms. The lowest BCUT2D eigenvalue weighted by molar-refractivity contribution is 0.0968. The molecular formula is C15H22FNO. The van der Waals surface area contributed by atoms with Gasteiger partial charge in [-0.25, -0.2) is 4.39 Å². The molecule has 2 rings (SSSR count). The third kappa shape index (κ3) is 2.77. The van der Waals surface area contributed by atoms with Crippen LogP contribution >= 0.6 is 0 Å². The molecule has 0 heterocycles. The van der Waals surface area contributed by atoms with Crippen LogP contribution in [0.25, 0.3) is 0 Å². The van der Waals surface area contributed by atoms with Crippen molar-refractivity contribution in [2.45, 2.75) is 46.1 Å². The van der Waals surface area contributed by atoms with Crippen LogP contribution in [0.15, 0.2) is 12.1 Å². The first-order valence-corrected chi connectivity index (χ1v) is 6.69. The number of halogens is 1. The Labute approximate surface area is 108 Å². The SMILES string of the molecule is Cc1cc(OC2CCC(C)C(C)C2)c(F)cc1N. The zero-order valence-electron chi connectivity index (χ0n) is 11.4. The number of hydrogen-bond donors (Lipinski definition) is 1. The predicted octanol–water partition coefficient (Wildman–Crippen LogP) is 3.92. The van der Waals surface area contributed by atoms with E-state index in [1.165, 1.54) is 6.07 Å². The molecule has 0 amide bonds. The van der Waals surface area contributed by atoms with E-state index in [9.17, 15) is 4.39 Å². The van der Waals surface area contributed by atoms with E-state index in [1.807, 2.05) is 6.92 Å². The monoisotopic (exact) mass is 251 g/mol. The van der Waals surface area contributed by atoms with Gasteiger partial charge in [-0.2, -0.15) is 0 Å². The Hall–Kier alpha value is -1.25. The largest absolute Gasteiger partial charge is 0.487 e. The van der Waals surface area contributed by atoms with Crippen LogP contribution < -0.4 is 10.5 Å². The summed E-state index contributed by atoms with van der Waals surface area (Å²) in [6, 6.07) is 3.05. The van der Waals surface area contributed by atoms with Crippen LogP contribution in [-0.2, 0) is 0 Å². The van der Waals surface area contributed by atoms with Crippen molar-refractivity contribution >= 4 is 5.69 Å². The molecule has 1 aromatic rings. The second-order valence-electron chi connectivity index (χ2n) is 5.65. The summed E-state index contributed by atoms with van der Waals surface area (Å²) in [6.45, 7) is 6.38. The van der Waals surface area contributed by atoms with Gasteiger partial charge in [0.05, 0.1) is 6.10 Å². The summed E-state index contributed by atoms with van der Waals surface area (Å²) in [4.78, 5) is 0. The normalized spacial score (nSPS) is 28.1. The van der Waals surface area contributed by atoms with Gasteiger partial charge < -0.3 is 10.5 Å². The fourth-order valence-electron chi connectivity index (χ4n) is 2.55. The van der Waals surface area contributed by atoms with Crippen LogP contribution in [0, 0.1) is 24.6 Å². The molecule has 0 aliphatic heterocycles. The fourth-order valence-corrected chi connectivity index (χ4v) is 2.55. The molecule has 100 valence electrons. The molecule has 3 atom stereocenters. The van der Waals surface area contributed by atoms with Crippen molar-refractivity contribution in [3.05, 3.63) is 23.5 Å². The molecule has 3 unspecified atom stereocenters. The molecule has 0 saturated heterocycles. The lowest BCUT2D eigenvalue weighted by Gasteiger charge is -2.32. The second kappa shape index (κ2) is 5.17. The molecule has 0 radical (unpaired) electrons. The minimum Gasteiger partial charge on any atom is -0.487 e. The van der Waals surface area contributed by atoms with Gasteiger partial charge in [0.15, 0.2) is 11.6 Å². The van der Waals surface area contributed by atoms with E-state index in [0.29, 0.717) is 17.4 Å². The molecule has 1 aromatic carbocycles. The molecule has 2 nitrogen and oxygen atoms in total. The molecular weight excluding hydrogens is 229 g/mol. The van der Waals surface area contributed by atoms with Crippen molar-refractivity contribution in [2.75, 3.05) is 5.73 Å². The standard InChI is InChI=1S/C15H22FNO/c1-9-4-5-12(6-10(9)2)18-15-7-11(3)14(17)8-13(15)16/h7-10,12H,4-6,17H2,1-3H3. The van der Waals surface area contributed by atoms with E-state index in [1.54, 1.807) is 6.07 Å². The molecule has 0 aromatic heterocycles. The summed E-state index contributed by atoms with van der Waals surface area (Å²) in [5, 5.41) is 0. The molecule has 0 spiro atoms. The maximum Gasteiger partial charge on any atom is 0.167 e. The van der Waals surface area contributed by atoms with E-state index >= 15 is 0 Å². The average molecular weight is 251 g/mol. The highest BCUT2D eigenvalue weighted by molar-refractivity contribution is 5.50. The smallest absolute Gasteiger partial charge is 0.167 e. The number of hydrogen-bond acceptors (Lipinski definition) is 2. The third-order valence-electron chi connectivity index (χ3n) is 4.16. The number of nitrogen functional groups attached to an aromatic ring is 1. The predicted molar refractivity (Wildman–Crippen MR) is 72.1 cm³/mol. The second-order valence-corrected chi connectivity index (χ2v) is 5.65. The van der Waals surface area contributed by atoms with Gasteiger partial charge in [0.1, 0.15) is 0 Å². The van der Waals surface area contributed by atoms with Gasteiger partial charge in [-0.15, -0.1) is 0 Å². The highest BCUT2D eigenvalue weighted by atomic mass is 19.1. The van der Waals surface area contributed by atoms with Crippen molar-refractivity contribution in [3.63, 3.8) is 0 Å². The number of ether oxygens (including phenoxy) is 1. The molecule has 3 heteroatoms. The zero-order valence-corrected chi connectivity index (χ0v) is 11.4. The maximum absolute atomic E-state index is 13.8. The highest BCUT2D eigenvalue weighted by Crippen LogP contribution is 2.33. The minimum atomic E-state index is -0.357. The minimum absolute atomic E-state index is 0.133. The summed E-state index contributed by atoms with van der Waals surface area (Å²) in [7, 11) is 0. The van der Waals surface area contributed by atoms with Crippen molar-refractivity contribution < 1.29 is 9.13 Å². The van der Waals surface area contributed by atoms with Gasteiger partial charge in [0.2, 0.25) is 0 Å². The number of anilines is 1. The number of nitrogens with two attached hydrogens (primary N) is 1. The van der Waals surface area contributed by atoms with E-state index < -0.39 is 0 Å². The number of benzene rings is 1. The Morgan fingerprint density at radius 1 is 1.22 bits per heavy atom. The molecule has 1 saturated carbocycles. The van der Waals surface area contributed by atoms with Gasteiger partial charge >= 0.3 is 0 Å². The Bertz CT molecular complexity index is 433. The first kappa shape index (κ1) is 13.2. The topological polar surface area (TPSA) is 35.2 Å². The van der Waals surface area contributed by atoms with Crippen LogP contribution in [0.1, 0.15) is 38.7 Å². The molecule has 1 aliphatic carbocycles. The first-order chi connectivity index (χ1) is 8.47. The average Bonchev–Trinajstić information content (AvgIpc) is 2.31. The molecule has 2 N–H and O–H groups in total. The van der Waals surface area contributed by atoms with E-state index in [-0.39, 0.29) is 11.9 Å². The Morgan fingerprint density at radius 3 is 2.61 bits per heavy atom. The highest BCUT2D eigenvalue weighted by Gasteiger charge is 2.26. The Balaban J connectivity index is 2.08. The van der Waals surface area contributed by atoms with Gasteiger partial charge in [-0.1, -0.05) is 13.8 Å². The summed E-state index contributed by atoms with van der Waals surface area (Å²) >= 11 is 0. The van der Waals surface area contributed by atoms with Crippen LogP contribution in [0.2, 0.25) is 0 Å². The molecule has 0 bridgehead atoms. The number of rotatable bonds is 2. The van der Waals surface area contributed by atoms with Crippen LogP contribution in [0.4, 0.5) is 10.1 Å². The lowest BCUT2D eigenvalue weighted by Crippen LogP contribution is -2.29. The Kier molecular flexibility index (Phi) is 3.79. The van der Waals surface area contributed by atoms with Crippen molar-refractivity contribution in [2.24, 2.45) is 11.8 Å². The maximum atomic E-state index is 13.8. The van der Waals surface area contributed by atoms with Gasteiger partial charge in [-0.05, 0) is 49.7 Å². The molecule has 1 fully saturated rings. The van der Waals surface area contributed by atoms with Crippen molar-refractivity contribution in [1.82, 2.24) is 0 Å². The zero-order chi connectivity index (χ0) is 13.3. The van der Waals surface area contributed by atoms with E-state index in [0.717, 1.165) is 30.7 Å². The fraction of sp³-hybridized carbons (Fsp3) is 0.600. The van der Waals surface area contributed by atoms with Crippen molar-refractivity contribution in [1.29, 1.82) is 0 Å². The van der Waals surface area contributed by atoms with Gasteiger partial charge in [0, 0.05) is 11.8 Å². The van der Waals surface area contributed by atoms with E-state index in [4.69, 9.17) is 10.5 Å². The lowest BCUT2D eigenvalue weighted by atomic mass is 9.80. The van der Waals surface area contributed by atoms with Crippen LogP contribution in [-0.4, -0.2) is 6.10 Å².